The van der Waals surface area contributed by atoms with Crippen LogP contribution in [-0.4, -0.2) is 35.1 Å². The number of para-hydroxylation sites is 1. The summed E-state index contributed by atoms with van der Waals surface area (Å²) in [5.41, 5.74) is 3.62. The summed E-state index contributed by atoms with van der Waals surface area (Å²) in [6.07, 6.45) is 1.27. The lowest BCUT2D eigenvalue weighted by molar-refractivity contribution is -0.123. The fourth-order valence-electron chi connectivity index (χ4n) is 2.36. The number of halogens is 1. The van der Waals surface area contributed by atoms with Gasteiger partial charge in [-0.3, -0.25) is 14.9 Å². The van der Waals surface area contributed by atoms with E-state index in [-0.39, 0.29) is 24.0 Å². The van der Waals surface area contributed by atoms with Crippen LogP contribution in [0, 0.1) is 0 Å². The molecule has 0 bridgehead atoms. The van der Waals surface area contributed by atoms with Crippen molar-refractivity contribution in [1.29, 1.82) is 0 Å². The molecule has 9 heteroatoms. The molecule has 0 radical (unpaired) electrons. The average molecular weight is 386 g/mol. The van der Waals surface area contributed by atoms with Crippen LogP contribution in [-0.2, 0) is 9.59 Å². The van der Waals surface area contributed by atoms with Gasteiger partial charge in [0.25, 0.3) is 5.91 Å². The Morgan fingerprint density at radius 2 is 2.11 bits per heavy atom. The van der Waals surface area contributed by atoms with E-state index in [1.807, 2.05) is 0 Å². The van der Waals surface area contributed by atoms with E-state index in [1.54, 1.807) is 42.5 Å². The Kier molecular flexibility index (Phi) is 5.68. The minimum atomic E-state index is -0.855. The number of phenols is 1. The molecule has 2 amide bonds. The zero-order valence-corrected chi connectivity index (χ0v) is 14.8. The van der Waals surface area contributed by atoms with Crippen LogP contribution in [0.1, 0.15) is 12.0 Å². The van der Waals surface area contributed by atoms with Crippen LogP contribution in [0.4, 0.5) is 5.69 Å². The number of benzene rings is 2. The second-order valence-electron chi connectivity index (χ2n) is 5.67. The summed E-state index contributed by atoms with van der Waals surface area (Å²) in [7, 11) is 0. The molecule has 0 spiro atoms. The van der Waals surface area contributed by atoms with Crippen molar-refractivity contribution < 1.29 is 14.7 Å². The van der Waals surface area contributed by atoms with Crippen molar-refractivity contribution in [3.63, 3.8) is 0 Å². The number of hydrogen-bond donors (Lipinski definition) is 4. The highest BCUT2D eigenvalue weighted by atomic mass is 35.5. The number of anilines is 1. The SMILES string of the molecule is O=C(CC1N=C(N/N=C/c2ccccc2O)NC1=O)Nc1cccc(Cl)c1. The van der Waals surface area contributed by atoms with Gasteiger partial charge in [-0.15, -0.1) is 0 Å². The van der Waals surface area contributed by atoms with Gasteiger partial charge in [-0.25, -0.2) is 10.4 Å². The number of nitrogens with zero attached hydrogens (tertiary/aromatic N) is 2. The molecule has 4 N–H and O–H groups in total. The molecule has 138 valence electrons. The largest absolute Gasteiger partial charge is 0.507 e. The number of nitrogens with one attached hydrogen (secondary N) is 3. The topological polar surface area (TPSA) is 115 Å². The summed E-state index contributed by atoms with van der Waals surface area (Å²) in [6, 6.07) is 12.5. The van der Waals surface area contributed by atoms with E-state index in [9.17, 15) is 14.7 Å². The van der Waals surface area contributed by atoms with Crippen LogP contribution in [0.25, 0.3) is 0 Å². The minimum absolute atomic E-state index is 0.0796. The maximum absolute atomic E-state index is 12.1. The van der Waals surface area contributed by atoms with Gasteiger partial charge in [0.1, 0.15) is 11.8 Å². The first kappa shape index (κ1) is 18.4. The number of carbonyl (C=O) groups is 2. The molecule has 2 aromatic carbocycles. The predicted octanol–water partition coefficient (Wildman–Crippen LogP) is 1.85. The first-order chi connectivity index (χ1) is 13.0. The van der Waals surface area contributed by atoms with Crippen LogP contribution < -0.4 is 16.1 Å². The van der Waals surface area contributed by atoms with Gasteiger partial charge in [0.15, 0.2) is 0 Å². The van der Waals surface area contributed by atoms with Crippen molar-refractivity contribution in [2.45, 2.75) is 12.5 Å². The number of carbonyl (C=O) groups excluding carboxylic acids is 2. The van der Waals surface area contributed by atoms with Crippen molar-refractivity contribution in [2.24, 2.45) is 10.1 Å². The van der Waals surface area contributed by atoms with E-state index < -0.39 is 11.9 Å². The van der Waals surface area contributed by atoms with E-state index in [0.29, 0.717) is 16.3 Å². The third kappa shape index (κ3) is 5.05. The van der Waals surface area contributed by atoms with E-state index in [4.69, 9.17) is 11.6 Å². The third-order valence-electron chi connectivity index (χ3n) is 3.63. The smallest absolute Gasteiger partial charge is 0.252 e. The zero-order valence-electron chi connectivity index (χ0n) is 14.0. The molecule has 0 saturated carbocycles. The molecule has 0 aromatic heterocycles. The summed E-state index contributed by atoms with van der Waals surface area (Å²) in [5.74, 6) is -0.556. The average Bonchev–Trinajstić information content (AvgIpc) is 2.96. The Morgan fingerprint density at radius 1 is 1.30 bits per heavy atom. The minimum Gasteiger partial charge on any atom is -0.507 e. The van der Waals surface area contributed by atoms with Gasteiger partial charge in [-0.2, -0.15) is 5.10 Å². The molecule has 1 aliphatic rings. The van der Waals surface area contributed by atoms with Crippen LogP contribution in [0.15, 0.2) is 58.6 Å². The lowest BCUT2D eigenvalue weighted by Gasteiger charge is -2.07. The van der Waals surface area contributed by atoms with Gasteiger partial charge in [0.05, 0.1) is 12.6 Å². The van der Waals surface area contributed by atoms with Crippen LogP contribution >= 0.6 is 11.6 Å². The number of rotatable bonds is 5. The molecule has 27 heavy (non-hydrogen) atoms. The number of aliphatic imine (C=N–C) groups is 1. The number of phenolic OH excluding ortho intramolecular Hbond substituents is 1. The normalized spacial score (nSPS) is 16.1. The summed E-state index contributed by atoms with van der Waals surface area (Å²) >= 11 is 5.87. The van der Waals surface area contributed by atoms with Gasteiger partial charge >= 0.3 is 0 Å². The molecular formula is C18H16ClN5O3. The maximum Gasteiger partial charge on any atom is 0.252 e. The standard InChI is InChI=1S/C18H16ClN5O3/c19-12-5-3-6-13(8-12)21-16(26)9-14-17(27)23-18(22-14)24-20-10-11-4-1-2-7-15(11)25/h1-8,10,14,25H,9H2,(H,21,26)(H2,22,23,24,27)/b20-10+. The lowest BCUT2D eigenvalue weighted by atomic mass is 10.2. The molecule has 0 saturated heterocycles. The summed E-state index contributed by atoms with van der Waals surface area (Å²) in [4.78, 5) is 28.1. The number of guanidine groups is 1. The molecule has 2 aromatic rings. The molecule has 1 heterocycles. The van der Waals surface area contributed by atoms with Crippen molar-refractivity contribution in [1.82, 2.24) is 10.7 Å². The molecule has 1 atom stereocenters. The van der Waals surface area contributed by atoms with Crippen molar-refractivity contribution in [2.75, 3.05) is 5.32 Å². The van der Waals surface area contributed by atoms with Crippen LogP contribution in [0.3, 0.4) is 0 Å². The number of amides is 2. The molecular weight excluding hydrogens is 370 g/mol. The second-order valence-corrected chi connectivity index (χ2v) is 6.11. The highest BCUT2D eigenvalue weighted by molar-refractivity contribution is 6.30. The molecule has 1 aliphatic heterocycles. The van der Waals surface area contributed by atoms with E-state index in [0.717, 1.165) is 0 Å². The van der Waals surface area contributed by atoms with Crippen molar-refractivity contribution >= 4 is 41.3 Å². The monoisotopic (exact) mass is 385 g/mol. The highest BCUT2D eigenvalue weighted by Gasteiger charge is 2.28. The predicted molar refractivity (Wildman–Crippen MR) is 103 cm³/mol. The van der Waals surface area contributed by atoms with Gasteiger partial charge in [-0.05, 0) is 30.3 Å². The Balaban J connectivity index is 1.56. The van der Waals surface area contributed by atoms with Crippen molar-refractivity contribution in [3.05, 3.63) is 59.1 Å². The first-order valence-corrected chi connectivity index (χ1v) is 8.40. The van der Waals surface area contributed by atoms with E-state index in [1.165, 1.54) is 12.3 Å². The Hall–Kier alpha value is -3.39. The number of aromatic hydroxyl groups is 1. The Bertz CT molecular complexity index is 929. The molecule has 1 unspecified atom stereocenters. The third-order valence-corrected chi connectivity index (χ3v) is 3.86. The molecule has 8 nitrogen and oxygen atoms in total. The molecule has 3 rings (SSSR count). The van der Waals surface area contributed by atoms with Gasteiger partial charge < -0.3 is 10.4 Å². The van der Waals surface area contributed by atoms with Crippen LogP contribution in [0.2, 0.25) is 5.02 Å². The fraction of sp³-hybridized carbons (Fsp3) is 0.111. The Morgan fingerprint density at radius 3 is 2.89 bits per heavy atom. The van der Waals surface area contributed by atoms with Gasteiger partial charge in [-0.1, -0.05) is 29.8 Å². The second kappa shape index (κ2) is 8.33. The first-order valence-electron chi connectivity index (χ1n) is 8.02. The lowest BCUT2D eigenvalue weighted by Crippen LogP contribution is -2.35. The van der Waals surface area contributed by atoms with E-state index >= 15 is 0 Å². The number of hydrogen-bond acceptors (Lipinski definition) is 6. The molecule has 0 aliphatic carbocycles. The number of hydrazone groups is 1. The Labute approximate surface area is 160 Å². The summed E-state index contributed by atoms with van der Waals surface area (Å²) in [5, 5.41) is 19.2. The van der Waals surface area contributed by atoms with Crippen LogP contribution in [0.5, 0.6) is 5.75 Å². The summed E-state index contributed by atoms with van der Waals surface area (Å²) < 4.78 is 0. The fourth-order valence-corrected chi connectivity index (χ4v) is 2.55. The maximum atomic E-state index is 12.1. The van der Waals surface area contributed by atoms with Gasteiger partial charge in [0, 0.05) is 16.3 Å². The summed E-state index contributed by atoms with van der Waals surface area (Å²) in [6.45, 7) is 0. The quantitative estimate of drug-likeness (QED) is 0.464. The van der Waals surface area contributed by atoms with E-state index in [2.05, 4.69) is 26.2 Å². The molecule has 0 fully saturated rings. The van der Waals surface area contributed by atoms with Crippen molar-refractivity contribution in [3.8, 4) is 5.75 Å². The zero-order chi connectivity index (χ0) is 19.2. The highest BCUT2D eigenvalue weighted by Crippen LogP contribution is 2.16. The van der Waals surface area contributed by atoms with Gasteiger partial charge in [0.2, 0.25) is 11.9 Å².